The fourth-order valence-electron chi connectivity index (χ4n) is 1.74. The van der Waals surface area contributed by atoms with Gasteiger partial charge < -0.3 is 14.7 Å². The molecule has 0 unspecified atom stereocenters. The Morgan fingerprint density at radius 3 is 2.90 bits per heavy atom. The normalized spacial score (nSPS) is 9.75. The number of hydrogen-bond acceptors (Lipinski definition) is 3. The number of ether oxygens (including phenoxy) is 1. The van der Waals surface area contributed by atoms with Gasteiger partial charge in [0.2, 0.25) is 0 Å². The molecule has 0 bridgehead atoms. The highest BCUT2D eigenvalue weighted by atomic mass is 16.5. The van der Waals surface area contributed by atoms with Crippen molar-refractivity contribution in [3.63, 3.8) is 0 Å². The summed E-state index contributed by atoms with van der Waals surface area (Å²) in [6.45, 7) is 3.73. The Morgan fingerprint density at radius 1 is 1.45 bits per heavy atom. The van der Waals surface area contributed by atoms with Gasteiger partial charge in [0.25, 0.3) is 5.91 Å². The van der Waals surface area contributed by atoms with E-state index in [1.807, 2.05) is 19.1 Å². The van der Waals surface area contributed by atoms with Crippen molar-refractivity contribution in [2.45, 2.75) is 13.3 Å². The Hall–Kier alpha value is -1.83. The Labute approximate surface area is 120 Å². The molecule has 1 aromatic rings. The first-order chi connectivity index (χ1) is 9.72. The molecule has 0 aliphatic rings. The zero-order chi connectivity index (χ0) is 14.8. The van der Waals surface area contributed by atoms with Crippen molar-refractivity contribution < 1.29 is 14.6 Å². The number of aliphatic hydroxyl groups excluding tert-OH is 1. The van der Waals surface area contributed by atoms with Gasteiger partial charge in [0.1, 0.15) is 0 Å². The summed E-state index contributed by atoms with van der Waals surface area (Å²) in [7, 11) is 1.62. The maximum absolute atomic E-state index is 12.3. The van der Waals surface area contributed by atoms with Crippen molar-refractivity contribution in [1.82, 2.24) is 4.90 Å². The fourth-order valence-corrected chi connectivity index (χ4v) is 1.74. The highest BCUT2D eigenvalue weighted by Gasteiger charge is 2.13. The number of likely N-dealkylation sites (N-methyl/N-ethyl adjacent to an activating group) is 1. The molecule has 0 spiro atoms. The molecule has 0 heterocycles. The number of methoxy groups -OCH3 is 1. The first-order valence-electron chi connectivity index (χ1n) is 6.71. The van der Waals surface area contributed by atoms with Crippen LogP contribution in [0.4, 0.5) is 0 Å². The monoisotopic (exact) mass is 275 g/mol. The van der Waals surface area contributed by atoms with Crippen molar-refractivity contribution in [3.8, 4) is 11.8 Å². The van der Waals surface area contributed by atoms with E-state index in [0.717, 1.165) is 5.56 Å². The summed E-state index contributed by atoms with van der Waals surface area (Å²) >= 11 is 0. The molecule has 20 heavy (non-hydrogen) atoms. The van der Waals surface area contributed by atoms with Gasteiger partial charge in [-0.3, -0.25) is 4.79 Å². The topological polar surface area (TPSA) is 49.8 Å². The van der Waals surface area contributed by atoms with E-state index >= 15 is 0 Å². The maximum atomic E-state index is 12.3. The quantitative estimate of drug-likeness (QED) is 0.801. The second-order valence-electron chi connectivity index (χ2n) is 4.23. The summed E-state index contributed by atoms with van der Waals surface area (Å²) in [6, 6.07) is 7.24. The van der Waals surface area contributed by atoms with Crippen LogP contribution in [0.3, 0.4) is 0 Å². The molecule has 1 amide bonds. The summed E-state index contributed by atoms with van der Waals surface area (Å²) in [4.78, 5) is 14.1. The van der Waals surface area contributed by atoms with Gasteiger partial charge in [0, 0.05) is 37.7 Å². The number of carbonyl (C=O) groups excluding carboxylic acids is 1. The van der Waals surface area contributed by atoms with Crippen LogP contribution in [0.2, 0.25) is 0 Å². The van der Waals surface area contributed by atoms with Crippen molar-refractivity contribution >= 4 is 5.91 Å². The van der Waals surface area contributed by atoms with E-state index in [4.69, 9.17) is 9.84 Å². The fraction of sp³-hybridized carbons (Fsp3) is 0.438. The van der Waals surface area contributed by atoms with Crippen LogP contribution < -0.4 is 0 Å². The predicted octanol–water partition coefficient (Wildman–Crippen LogP) is 1.53. The average molecular weight is 275 g/mol. The molecule has 4 nitrogen and oxygen atoms in total. The highest BCUT2D eigenvalue weighted by Crippen LogP contribution is 2.08. The minimum atomic E-state index is -0.0182. The zero-order valence-electron chi connectivity index (χ0n) is 12.1. The Balaban J connectivity index is 2.82. The summed E-state index contributed by atoms with van der Waals surface area (Å²) in [5.41, 5.74) is 1.41. The van der Waals surface area contributed by atoms with Crippen LogP contribution in [0.15, 0.2) is 24.3 Å². The largest absolute Gasteiger partial charge is 0.395 e. The molecule has 0 aromatic heterocycles. The van der Waals surface area contributed by atoms with Crippen molar-refractivity contribution in [2.24, 2.45) is 0 Å². The molecule has 1 aromatic carbocycles. The molecule has 0 aliphatic carbocycles. The summed E-state index contributed by atoms with van der Waals surface area (Å²) < 4.78 is 5.01. The van der Waals surface area contributed by atoms with Crippen molar-refractivity contribution in [2.75, 3.05) is 33.4 Å². The molecule has 0 saturated heterocycles. The van der Waals surface area contributed by atoms with E-state index in [2.05, 4.69) is 11.8 Å². The molecule has 0 aliphatic heterocycles. The molecule has 1 N–H and O–H groups in total. The summed E-state index contributed by atoms with van der Waals surface area (Å²) in [5, 5.41) is 8.70. The van der Waals surface area contributed by atoms with E-state index in [1.54, 1.807) is 24.1 Å². The third-order valence-electron chi connectivity index (χ3n) is 2.81. The summed E-state index contributed by atoms with van der Waals surface area (Å²) in [6.07, 6.45) is 0.438. The van der Waals surface area contributed by atoms with Gasteiger partial charge in [-0.25, -0.2) is 0 Å². The number of carbonyl (C=O) groups is 1. The number of rotatable bonds is 6. The molecule has 4 heteroatoms. The van der Waals surface area contributed by atoms with E-state index in [9.17, 15) is 4.79 Å². The third-order valence-corrected chi connectivity index (χ3v) is 2.81. The molecule has 0 atom stereocenters. The maximum Gasteiger partial charge on any atom is 0.253 e. The number of benzene rings is 1. The molecule has 0 fully saturated rings. The lowest BCUT2D eigenvalue weighted by Gasteiger charge is -2.20. The second-order valence-corrected chi connectivity index (χ2v) is 4.23. The van der Waals surface area contributed by atoms with Crippen LogP contribution in [0.5, 0.6) is 0 Å². The number of amides is 1. The number of aliphatic hydroxyl groups is 1. The standard InChI is InChI=1S/C16H21NO3/c1-3-17(10-12-20-2)16(19)15-9-6-8-14(13-15)7-4-5-11-18/h6,8-9,13,18H,3,5,10-12H2,1-2H3. The van der Waals surface area contributed by atoms with E-state index in [-0.39, 0.29) is 12.5 Å². The van der Waals surface area contributed by atoms with Crippen LogP contribution in [0.1, 0.15) is 29.3 Å². The lowest BCUT2D eigenvalue weighted by molar-refractivity contribution is 0.0706. The lowest BCUT2D eigenvalue weighted by Crippen LogP contribution is -2.33. The Kier molecular flexibility index (Phi) is 7.41. The van der Waals surface area contributed by atoms with Crippen molar-refractivity contribution in [1.29, 1.82) is 0 Å². The molecule has 1 rings (SSSR count). The van der Waals surface area contributed by atoms with Crippen LogP contribution in [0, 0.1) is 11.8 Å². The predicted molar refractivity (Wildman–Crippen MR) is 78.5 cm³/mol. The van der Waals surface area contributed by atoms with Crippen LogP contribution >= 0.6 is 0 Å². The van der Waals surface area contributed by atoms with Gasteiger partial charge in [-0.2, -0.15) is 0 Å². The zero-order valence-corrected chi connectivity index (χ0v) is 12.1. The van der Waals surface area contributed by atoms with Crippen LogP contribution in [-0.2, 0) is 4.74 Å². The van der Waals surface area contributed by atoms with Gasteiger partial charge in [-0.1, -0.05) is 17.9 Å². The molecular formula is C16H21NO3. The SMILES string of the molecule is CCN(CCOC)C(=O)c1cccc(C#CCCO)c1. The van der Waals surface area contributed by atoms with Crippen LogP contribution in [0.25, 0.3) is 0 Å². The van der Waals surface area contributed by atoms with E-state index < -0.39 is 0 Å². The Bertz CT molecular complexity index is 488. The van der Waals surface area contributed by atoms with Gasteiger partial charge in [-0.05, 0) is 25.1 Å². The van der Waals surface area contributed by atoms with Crippen LogP contribution in [-0.4, -0.2) is 49.3 Å². The number of nitrogens with zero attached hydrogens (tertiary/aromatic N) is 1. The minimum Gasteiger partial charge on any atom is -0.395 e. The first kappa shape index (κ1) is 16.2. The average Bonchev–Trinajstić information content (AvgIpc) is 2.48. The molecule has 0 saturated carbocycles. The van der Waals surface area contributed by atoms with Crippen molar-refractivity contribution in [3.05, 3.63) is 35.4 Å². The number of hydrogen-bond donors (Lipinski definition) is 1. The second kappa shape index (κ2) is 9.13. The summed E-state index contributed by atoms with van der Waals surface area (Å²) in [5.74, 6) is 5.77. The van der Waals surface area contributed by atoms with E-state index in [0.29, 0.717) is 31.7 Å². The minimum absolute atomic E-state index is 0.0182. The highest BCUT2D eigenvalue weighted by molar-refractivity contribution is 5.94. The smallest absolute Gasteiger partial charge is 0.253 e. The molecule has 0 radical (unpaired) electrons. The lowest BCUT2D eigenvalue weighted by atomic mass is 10.1. The molecule has 108 valence electrons. The van der Waals surface area contributed by atoms with Gasteiger partial charge in [0.05, 0.1) is 13.2 Å². The third kappa shape index (κ3) is 5.04. The van der Waals surface area contributed by atoms with Gasteiger partial charge in [-0.15, -0.1) is 0 Å². The Morgan fingerprint density at radius 2 is 2.25 bits per heavy atom. The van der Waals surface area contributed by atoms with Gasteiger partial charge in [0.15, 0.2) is 0 Å². The molecular weight excluding hydrogens is 254 g/mol. The first-order valence-corrected chi connectivity index (χ1v) is 6.71. The van der Waals surface area contributed by atoms with Gasteiger partial charge >= 0.3 is 0 Å². The van der Waals surface area contributed by atoms with E-state index in [1.165, 1.54) is 0 Å².